The minimum absolute atomic E-state index is 0.141. The Hall–Kier alpha value is -1.07. The Balaban J connectivity index is 2.10. The maximum absolute atomic E-state index is 12.7. The fourth-order valence-corrected chi connectivity index (χ4v) is 6.51. The predicted molar refractivity (Wildman–Crippen MR) is 198 cm³/mol. The third-order valence-electron chi connectivity index (χ3n) is 9.87. The fourth-order valence-electron chi connectivity index (χ4n) is 6.51. The van der Waals surface area contributed by atoms with Gasteiger partial charge in [-0.3, -0.25) is 4.79 Å². The van der Waals surface area contributed by atoms with E-state index >= 15 is 0 Å². The van der Waals surface area contributed by atoms with Crippen molar-refractivity contribution in [2.75, 3.05) is 13.2 Å². The normalized spacial score (nSPS) is 22.5. The van der Waals surface area contributed by atoms with Crippen LogP contribution in [0.5, 0.6) is 0 Å². The van der Waals surface area contributed by atoms with Crippen LogP contribution in [0.1, 0.15) is 181 Å². The highest BCUT2D eigenvalue weighted by Gasteiger charge is 2.44. The lowest BCUT2D eigenvalue weighted by atomic mass is 9.99. The summed E-state index contributed by atoms with van der Waals surface area (Å²) in [6.45, 7) is 3.66. The van der Waals surface area contributed by atoms with Crippen LogP contribution in [0, 0.1) is 0 Å². The standard InChI is InChI=1S/C40H77NO8/c1-3-5-7-8-9-10-11-12-13-14-15-16-17-18-19-20-21-22-23-24-25-26-28-30-36(44)41-33(34(43)29-27-6-4-2)32-48-40-39(47)38(46)37(45)35(31-42)49-40/h14-15,33-35,37-40,42-43,45-47H,3-13,16-32H2,1-2H3,(H,41,44)/b15-14-. The van der Waals surface area contributed by atoms with Gasteiger partial charge in [0.15, 0.2) is 6.29 Å². The summed E-state index contributed by atoms with van der Waals surface area (Å²) < 4.78 is 11.1. The van der Waals surface area contributed by atoms with Crippen LogP contribution in [0.15, 0.2) is 12.2 Å². The molecule has 1 saturated heterocycles. The molecule has 1 aliphatic rings. The molecule has 49 heavy (non-hydrogen) atoms. The van der Waals surface area contributed by atoms with Crippen molar-refractivity contribution in [1.29, 1.82) is 0 Å². The van der Waals surface area contributed by atoms with E-state index in [4.69, 9.17) is 9.47 Å². The molecule has 0 aromatic rings. The summed E-state index contributed by atoms with van der Waals surface area (Å²) in [5.74, 6) is -0.157. The van der Waals surface area contributed by atoms with Crippen LogP contribution >= 0.6 is 0 Å². The van der Waals surface area contributed by atoms with Crippen molar-refractivity contribution in [3.05, 3.63) is 12.2 Å². The summed E-state index contributed by atoms with van der Waals surface area (Å²) in [5, 5.41) is 53.4. The molecule has 1 rings (SSSR count). The average molecular weight is 700 g/mol. The second-order valence-electron chi connectivity index (χ2n) is 14.4. The van der Waals surface area contributed by atoms with Crippen molar-refractivity contribution in [3.8, 4) is 0 Å². The second-order valence-corrected chi connectivity index (χ2v) is 14.4. The van der Waals surface area contributed by atoms with Crippen LogP contribution in [-0.4, -0.2) is 87.5 Å². The Morgan fingerprint density at radius 3 is 1.65 bits per heavy atom. The van der Waals surface area contributed by atoms with E-state index in [2.05, 4.69) is 31.3 Å². The molecule has 290 valence electrons. The maximum Gasteiger partial charge on any atom is 0.220 e. The molecule has 1 amide bonds. The molecule has 1 heterocycles. The van der Waals surface area contributed by atoms with Gasteiger partial charge in [0, 0.05) is 6.42 Å². The molecule has 9 nitrogen and oxygen atoms in total. The van der Waals surface area contributed by atoms with Gasteiger partial charge in [0.1, 0.15) is 24.4 Å². The van der Waals surface area contributed by atoms with Gasteiger partial charge in [-0.1, -0.05) is 148 Å². The average Bonchev–Trinajstić information content (AvgIpc) is 3.10. The van der Waals surface area contributed by atoms with Gasteiger partial charge < -0.3 is 40.3 Å². The highest BCUT2D eigenvalue weighted by atomic mass is 16.7. The molecular formula is C40H77NO8. The van der Waals surface area contributed by atoms with E-state index in [1.54, 1.807) is 0 Å². The van der Waals surface area contributed by atoms with E-state index < -0.39 is 49.5 Å². The third-order valence-corrected chi connectivity index (χ3v) is 9.87. The van der Waals surface area contributed by atoms with E-state index in [-0.39, 0.29) is 12.5 Å². The van der Waals surface area contributed by atoms with Crippen LogP contribution in [-0.2, 0) is 14.3 Å². The number of ether oxygens (including phenoxy) is 2. The zero-order valence-electron chi connectivity index (χ0n) is 31.5. The first-order chi connectivity index (χ1) is 23.8. The summed E-state index contributed by atoms with van der Waals surface area (Å²) in [6.07, 6.45) is 27.5. The lowest BCUT2D eigenvalue weighted by molar-refractivity contribution is -0.302. The number of carbonyl (C=O) groups excluding carboxylic acids is 1. The lowest BCUT2D eigenvalue weighted by Crippen LogP contribution is -2.60. The van der Waals surface area contributed by atoms with E-state index in [0.717, 1.165) is 38.5 Å². The van der Waals surface area contributed by atoms with Crippen molar-refractivity contribution in [2.45, 2.75) is 224 Å². The Bertz CT molecular complexity index is 781. The Labute approximate surface area is 299 Å². The molecule has 0 saturated carbocycles. The Morgan fingerprint density at radius 2 is 1.14 bits per heavy atom. The fraction of sp³-hybridized carbons (Fsp3) is 0.925. The van der Waals surface area contributed by atoms with E-state index in [1.807, 2.05) is 0 Å². The number of unbranched alkanes of at least 4 members (excludes halogenated alkanes) is 21. The van der Waals surface area contributed by atoms with Gasteiger partial charge >= 0.3 is 0 Å². The van der Waals surface area contributed by atoms with E-state index in [0.29, 0.717) is 12.8 Å². The zero-order chi connectivity index (χ0) is 36.0. The van der Waals surface area contributed by atoms with Crippen LogP contribution in [0.25, 0.3) is 0 Å². The van der Waals surface area contributed by atoms with Gasteiger partial charge in [0.05, 0.1) is 25.4 Å². The largest absolute Gasteiger partial charge is 0.394 e. The number of rotatable bonds is 33. The number of hydrogen-bond donors (Lipinski definition) is 6. The molecule has 0 radical (unpaired) electrons. The Kier molecular flexibility index (Phi) is 29.7. The molecule has 1 fully saturated rings. The van der Waals surface area contributed by atoms with Gasteiger partial charge in [-0.05, 0) is 38.5 Å². The van der Waals surface area contributed by atoms with Gasteiger partial charge in [0.2, 0.25) is 5.91 Å². The van der Waals surface area contributed by atoms with Crippen LogP contribution in [0.3, 0.4) is 0 Å². The molecule has 0 aromatic carbocycles. The highest BCUT2D eigenvalue weighted by molar-refractivity contribution is 5.76. The quantitative estimate of drug-likeness (QED) is 0.0307. The predicted octanol–water partition coefficient (Wildman–Crippen LogP) is 7.39. The first-order valence-electron chi connectivity index (χ1n) is 20.4. The SMILES string of the molecule is CCCCCCCCCC/C=C\CCCCCCCCCCCCCC(=O)NC(COC1OC(CO)C(O)C(O)C1O)C(O)CCCCC. The molecule has 7 atom stereocenters. The number of allylic oxidation sites excluding steroid dienone is 2. The highest BCUT2D eigenvalue weighted by Crippen LogP contribution is 2.23. The third kappa shape index (κ3) is 23.2. The van der Waals surface area contributed by atoms with Gasteiger partial charge in [0.25, 0.3) is 0 Å². The maximum atomic E-state index is 12.7. The first kappa shape index (κ1) is 46.0. The topological polar surface area (TPSA) is 149 Å². The van der Waals surface area contributed by atoms with Gasteiger partial charge in [-0.25, -0.2) is 0 Å². The smallest absolute Gasteiger partial charge is 0.220 e. The molecule has 1 aliphatic heterocycles. The number of aliphatic hydroxyl groups excluding tert-OH is 5. The van der Waals surface area contributed by atoms with Crippen LogP contribution < -0.4 is 5.32 Å². The van der Waals surface area contributed by atoms with Crippen molar-refractivity contribution in [3.63, 3.8) is 0 Å². The van der Waals surface area contributed by atoms with Crippen molar-refractivity contribution >= 4 is 5.91 Å². The first-order valence-corrected chi connectivity index (χ1v) is 20.4. The minimum Gasteiger partial charge on any atom is -0.394 e. The summed E-state index contributed by atoms with van der Waals surface area (Å²) in [7, 11) is 0. The monoisotopic (exact) mass is 700 g/mol. The van der Waals surface area contributed by atoms with Crippen LogP contribution in [0.4, 0.5) is 0 Å². The lowest BCUT2D eigenvalue weighted by Gasteiger charge is -2.40. The molecule has 6 N–H and O–H groups in total. The van der Waals surface area contributed by atoms with Crippen molar-refractivity contribution in [2.24, 2.45) is 0 Å². The molecule has 0 spiro atoms. The van der Waals surface area contributed by atoms with Crippen molar-refractivity contribution in [1.82, 2.24) is 5.32 Å². The number of aliphatic hydroxyl groups is 5. The molecular weight excluding hydrogens is 622 g/mol. The molecule has 9 heteroatoms. The van der Waals surface area contributed by atoms with Crippen LogP contribution in [0.2, 0.25) is 0 Å². The number of hydrogen-bond acceptors (Lipinski definition) is 8. The van der Waals surface area contributed by atoms with Gasteiger partial charge in [-0.2, -0.15) is 0 Å². The number of carbonyl (C=O) groups is 1. The second kappa shape index (κ2) is 31.6. The molecule has 0 aliphatic carbocycles. The molecule has 7 unspecified atom stereocenters. The summed E-state index contributed by atoms with van der Waals surface area (Å²) >= 11 is 0. The van der Waals surface area contributed by atoms with Crippen molar-refractivity contribution < 1.29 is 39.8 Å². The minimum atomic E-state index is -1.55. The number of amides is 1. The summed E-state index contributed by atoms with van der Waals surface area (Å²) in [5.41, 5.74) is 0. The Morgan fingerprint density at radius 1 is 0.673 bits per heavy atom. The molecule has 0 aromatic heterocycles. The summed E-state index contributed by atoms with van der Waals surface area (Å²) in [6, 6.07) is -0.710. The van der Waals surface area contributed by atoms with Gasteiger partial charge in [-0.15, -0.1) is 0 Å². The molecule has 0 bridgehead atoms. The van der Waals surface area contributed by atoms with E-state index in [9.17, 15) is 30.3 Å². The number of nitrogens with one attached hydrogen (secondary N) is 1. The summed E-state index contributed by atoms with van der Waals surface area (Å²) in [4.78, 5) is 12.7. The zero-order valence-corrected chi connectivity index (χ0v) is 31.5. The van der Waals surface area contributed by atoms with E-state index in [1.165, 1.54) is 116 Å².